The number of aromatic amines is 1. The van der Waals surface area contributed by atoms with Gasteiger partial charge >= 0.3 is 6.18 Å². The van der Waals surface area contributed by atoms with E-state index in [9.17, 15) is 18.0 Å². The smallest absolute Gasteiger partial charge is 0.417 e. The first kappa shape index (κ1) is 19.1. The minimum absolute atomic E-state index is 0.0561. The summed E-state index contributed by atoms with van der Waals surface area (Å²) in [6.45, 7) is 0. The predicted molar refractivity (Wildman–Crippen MR) is 98.2 cm³/mol. The molecule has 2 aromatic carbocycles. The predicted octanol–water partition coefficient (Wildman–Crippen LogP) is 3.53. The molecule has 0 aliphatic rings. The van der Waals surface area contributed by atoms with Crippen LogP contribution in [0.25, 0.3) is 10.9 Å². The summed E-state index contributed by atoms with van der Waals surface area (Å²) in [4.78, 5) is 15.7. The molecular weight excluding hydrogens is 375 g/mol. The number of guanidine groups is 1. The van der Waals surface area contributed by atoms with Crippen LogP contribution >= 0.6 is 0 Å². The maximum atomic E-state index is 13.6. The lowest BCUT2D eigenvalue weighted by molar-refractivity contribution is -0.136. The van der Waals surface area contributed by atoms with Crippen molar-refractivity contribution < 1.29 is 22.7 Å². The number of benzene rings is 2. The van der Waals surface area contributed by atoms with E-state index in [2.05, 4.69) is 4.98 Å². The van der Waals surface area contributed by atoms with Gasteiger partial charge in [0.15, 0.2) is 5.96 Å². The second-order valence-electron chi connectivity index (χ2n) is 6.03. The topological polar surface area (TPSA) is 121 Å². The van der Waals surface area contributed by atoms with Gasteiger partial charge in [0, 0.05) is 24.2 Å². The Morgan fingerprint density at radius 1 is 1.14 bits per heavy atom. The van der Waals surface area contributed by atoms with Crippen molar-refractivity contribution >= 4 is 28.5 Å². The molecule has 0 spiro atoms. The van der Waals surface area contributed by atoms with Crippen molar-refractivity contribution in [3.05, 3.63) is 53.7 Å². The zero-order valence-corrected chi connectivity index (χ0v) is 14.6. The van der Waals surface area contributed by atoms with Crippen LogP contribution in [0.5, 0.6) is 11.5 Å². The van der Waals surface area contributed by atoms with Crippen LogP contribution in [-0.2, 0) is 6.18 Å². The zero-order chi connectivity index (χ0) is 20.6. The molecule has 10 heteroatoms. The van der Waals surface area contributed by atoms with Crippen molar-refractivity contribution in [2.45, 2.75) is 6.18 Å². The summed E-state index contributed by atoms with van der Waals surface area (Å²) in [6, 6.07) is 9.45. The van der Waals surface area contributed by atoms with Crippen LogP contribution in [0, 0.1) is 5.41 Å². The number of alkyl halides is 3. The van der Waals surface area contributed by atoms with Crippen molar-refractivity contribution in [2.24, 2.45) is 5.73 Å². The number of anilines is 1. The number of aromatic nitrogens is 1. The van der Waals surface area contributed by atoms with Gasteiger partial charge in [-0.05, 0) is 36.4 Å². The van der Waals surface area contributed by atoms with Gasteiger partial charge in [0.2, 0.25) is 0 Å². The summed E-state index contributed by atoms with van der Waals surface area (Å²) < 4.78 is 46.2. The summed E-state index contributed by atoms with van der Waals surface area (Å²) in [5.74, 6) is -1.03. The number of H-pyrrole nitrogens is 1. The molecule has 1 amide bonds. The van der Waals surface area contributed by atoms with Gasteiger partial charge in [-0.2, -0.15) is 13.2 Å². The number of halogens is 3. The molecule has 1 heterocycles. The number of carbonyl (C=O) groups is 1. The highest BCUT2D eigenvalue weighted by atomic mass is 19.4. The van der Waals surface area contributed by atoms with E-state index in [4.69, 9.17) is 21.6 Å². The van der Waals surface area contributed by atoms with E-state index in [0.29, 0.717) is 11.4 Å². The number of nitrogens with zero attached hydrogens (tertiary/aromatic N) is 1. The molecule has 0 radical (unpaired) electrons. The van der Waals surface area contributed by atoms with Gasteiger partial charge in [-0.15, -0.1) is 0 Å². The number of carbonyl (C=O) groups excluding carboxylic acids is 1. The lowest BCUT2D eigenvalue weighted by atomic mass is 10.1. The molecule has 0 unspecified atom stereocenters. The van der Waals surface area contributed by atoms with Crippen LogP contribution in [0.3, 0.4) is 0 Å². The molecule has 0 saturated carbocycles. The number of nitrogen functional groups attached to an aromatic ring is 1. The molecule has 0 aliphatic carbocycles. The molecule has 0 aliphatic heterocycles. The quantitative estimate of drug-likeness (QED) is 0.310. The Kier molecular flexibility index (Phi) is 4.63. The number of fused-ring (bicyclic) bond motifs is 1. The van der Waals surface area contributed by atoms with Gasteiger partial charge in [-0.3, -0.25) is 15.1 Å². The van der Waals surface area contributed by atoms with Crippen LogP contribution in [0.4, 0.5) is 18.9 Å². The number of rotatable bonds is 3. The number of nitrogens with two attached hydrogens (primary N) is 2. The minimum Gasteiger partial charge on any atom is -0.457 e. The third-order valence-corrected chi connectivity index (χ3v) is 4.03. The van der Waals surface area contributed by atoms with E-state index in [-0.39, 0.29) is 22.3 Å². The number of ether oxygens (including phenoxy) is 1. The second kappa shape index (κ2) is 6.80. The lowest BCUT2D eigenvalue weighted by Gasteiger charge is -2.12. The van der Waals surface area contributed by atoms with Crippen LogP contribution < -0.4 is 16.2 Å². The van der Waals surface area contributed by atoms with Crippen LogP contribution in [-0.4, -0.2) is 28.8 Å². The average Bonchev–Trinajstić information content (AvgIpc) is 3.04. The minimum atomic E-state index is -4.67. The van der Waals surface area contributed by atoms with E-state index in [1.54, 1.807) is 12.1 Å². The van der Waals surface area contributed by atoms with Crippen molar-refractivity contribution in [3.63, 3.8) is 0 Å². The summed E-state index contributed by atoms with van der Waals surface area (Å²) in [6.07, 6.45) is -4.67. The van der Waals surface area contributed by atoms with E-state index in [1.807, 2.05) is 0 Å². The van der Waals surface area contributed by atoms with Gasteiger partial charge in [-0.25, -0.2) is 0 Å². The summed E-state index contributed by atoms with van der Waals surface area (Å²) >= 11 is 0. The van der Waals surface area contributed by atoms with Crippen molar-refractivity contribution in [2.75, 3.05) is 12.8 Å². The molecule has 6 N–H and O–H groups in total. The molecule has 28 heavy (non-hydrogen) atoms. The Bertz CT molecular complexity index is 1060. The first-order chi connectivity index (χ1) is 13.1. The summed E-state index contributed by atoms with van der Waals surface area (Å²) in [7, 11) is 1.25. The van der Waals surface area contributed by atoms with Gasteiger partial charge in [-0.1, -0.05) is 0 Å². The number of nitrogens with one attached hydrogen (secondary N) is 2. The van der Waals surface area contributed by atoms with Crippen molar-refractivity contribution in [1.82, 2.24) is 9.88 Å². The molecule has 1 aromatic heterocycles. The fraction of sp³-hybridized carbons (Fsp3) is 0.111. The highest BCUT2D eigenvalue weighted by Gasteiger charge is 2.34. The average molecular weight is 391 g/mol. The van der Waals surface area contributed by atoms with Crippen molar-refractivity contribution in [1.29, 1.82) is 5.41 Å². The van der Waals surface area contributed by atoms with Crippen LogP contribution in [0.2, 0.25) is 0 Å². The van der Waals surface area contributed by atoms with E-state index in [0.717, 1.165) is 17.0 Å². The van der Waals surface area contributed by atoms with E-state index >= 15 is 0 Å². The number of amides is 1. The molecular formula is C18H16F3N5O2. The maximum absolute atomic E-state index is 13.6. The van der Waals surface area contributed by atoms with E-state index in [1.165, 1.54) is 25.2 Å². The highest BCUT2D eigenvalue weighted by Crippen LogP contribution is 2.39. The van der Waals surface area contributed by atoms with Crippen LogP contribution in [0.1, 0.15) is 16.1 Å². The molecule has 0 atom stereocenters. The maximum Gasteiger partial charge on any atom is 0.417 e. The molecule has 146 valence electrons. The fourth-order valence-corrected chi connectivity index (χ4v) is 2.58. The summed E-state index contributed by atoms with van der Waals surface area (Å²) in [5.41, 5.74) is 10.3. The third-order valence-electron chi connectivity index (χ3n) is 4.03. The Hall–Kier alpha value is -3.69. The Labute approximate surface area is 157 Å². The third kappa shape index (κ3) is 3.70. The monoisotopic (exact) mass is 391 g/mol. The first-order valence-corrected chi connectivity index (χ1v) is 7.95. The number of hydrogen-bond donors (Lipinski definition) is 4. The summed E-state index contributed by atoms with van der Waals surface area (Å²) in [5, 5.41) is 7.09. The molecule has 0 bridgehead atoms. The Morgan fingerprint density at radius 3 is 2.36 bits per heavy atom. The van der Waals surface area contributed by atoms with Gasteiger partial charge in [0.05, 0.1) is 11.1 Å². The van der Waals surface area contributed by atoms with Crippen molar-refractivity contribution in [3.8, 4) is 11.5 Å². The van der Waals surface area contributed by atoms with Gasteiger partial charge in [0.25, 0.3) is 5.91 Å². The fourth-order valence-electron chi connectivity index (χ4n) is 2.58. The van der Waals surface area contributed by atoms with Crippen LogP contribution in [0.15, 0.2) is 42.5 Å². The molecule has 7 nitrogen and oxygen atoms in total. The zero-order valence-electron chi connectivity index (χ0n) is 14.6. The normalized spacial score (nSPS) is 11.4. The van der Waals surface area contributed by atoms with E-state index < -0.39 is 23.6 Å². The first-order valence-electron chi connectivity index (χ1n) is 7.95. The molecule has 0 saturated heterocycles. The SMILES string of the molecule is CN(C(=N)N)C(=O)c1cc2c(C(F)(F)F)cc(Oc3ccc(N)cc3)cc2[nH]1. The lowest BCUT2D eigenvalue weighted by Crippen LogP contribution is -2.38. The Morgan fingerprint density at radius 2 is 1.79 bits per heavy atom. The van der Waals surface area contributed by atoms with Gasteiger partial charge < -0.3 is 21.2 Å². The number of hydrogen-bond acceptors (Lipinski definition) is 4. The molecule has 0 fully saturated rings. The molecule has 3 aromatic rings. The highest BCUT2D eigenvalue weighted by molar-refractivity contribution is 6.06. The van der Waals surface area contributed by atoms with Gasteiger partial charge in [0.1, 0.15) is 17.2 Å². The standard InChI is InChI=1S/C18H16F3N5O2/c1-26(17(23)24)16(27)15-8-12-13(18(19,20)21)6-11(7-14(12)25-15)28-10-4-2-9(22)3-5-10/h2-8,25H,22H2,1H3,(H3,23,24). The second-order valence-corrected chi connectivity index (χ2v) is 6.03. The molecule has 3 rings (SSSR count). The largest absolute Gasteiger partial charge is 0.457 e. The Balaban J connectivity index is 2.09.